The second kappa shape index (κ2) is 11.5. The number of hydrogen-bond donors (Lipinski definition) is 2. The third kappa shape index (κ3) is 11.2. The highest BCUT2D eigenvalue weighted by atomic mass is 16.7. The Kier molecular flexibility index (Phi) is 9.04. The van der Waals surface area contributed by atoms with Crippen LogP contribution in [0.5, 0.6) is 5.75 Å². The molecule has 1 saturated heterocycles. The average molecular weight is 494 g/mol. The van der Waals surface area contributed by atoms with Crippen LogP contribution in [0.1, 0.15) is 47.1 Å². The zero-order valence-corrected chi connectivity index (χ0v) is 20.6. The molecule has 192 valence electrons. The molecule has 12 heteroatoms. The summed E-state index contributed by atoms with van der Waals surface area (Å²) >= 11 is 0. The van der Waals surface area contributed by atoms with Crippen molar-refractivity contribution in [3.8, 4) is 5.75 Å². The molecular weight excluding hydrogens is 462 g/mol. The largest absolute Gasteiger partial charge is 0.508 e. The average Bonchev–Trinajstić information content (AvgIpc) is 2.68. The van der Waals surface area contributed by atoms with E-state index < -0.39 is 41.7 Å². The first-order valence-electron chi connectivity index (χ1n) is 10.9. The van der Waals surface area contributed by atoms with Crippen LogP contribution in [0, 0.1) is 0 Å². The lowest BCUT2D eigenvalue weighted by atomic mass is 10.1. The number of cyclic esters (lactones) is 2. The van der Waals surface area contributed by atoms with Gasteiger partial charge in [0.15, 0.2) is 0 Å². The highest BCUT2D eigenvalue weighted by Crippen LogP contribution is 2.15. The Balaban J connectivity index is 2.02. The van der Waals surface area contributed by atoms with Gasteiger partial charge in [-0.05, 0) is 59.2 Å². The minimum atomic E-state index is -0.863. The second-order valence-corrected chi connectivity index (χ2v) is 9.59. The molecule has 2 rings (SSSR count). The molecule has 35 heavy (non-hydrogen) atoms. The number of carbonyl (C=O) groups excluding carboxylic acids is 4. The summed E-state index contributed by atoms with van der Waals surface area (Å²) in [6, 6.07) is 5.81. The number of rotatable bonds is 4. The molecule has 1 aliphatic rings. The van der Waals surface area contributed by atoms with Crippen molar-refractivity contribution in [3.05, 3.63) is 29.8 Å². The summed E-state index contributed by atoms with van der Waals surface area (Å²) in [5, 5.41) is 5.00. The molecule has 1 aromatic rings. The highest BCUT2D eigenvalue weighted by molar-refractivity contribution is 6.01. The summed E-state index contributed by atoms with van der Waals surface area (Å²) in [5.74, 6) is 0.262. The number of carbonyl (C=O) groups is 4. The quantitative estimate of drug-likeness (QED) is 0.277. The molecule has 0 atom stereocenters. The Morgan fingerprint density at radius 1 is 0.943 bits per heavy atom. The van der Waals surface area contributed by atoms with Gasteiger partial charge in [-0.2, -0.15) is 4.99 Å². The van der Waals surface area contributed by atoms with Gasteiger partial charge in [0.05, 0.1) is 0 Å². The minimum Gasteiger partial charge on any atom is -0.444 e. The van der Waals surface area contributed by atoms with E-state index in [0.717, 1.165) is 0 Å². The summed E-state index contributed by atoms with van der Waals surface area (Å²) in [6.07, 6.45) is -3.10. The van der Waals surface area contributed by atoms with E-state index in [4.69, 9.17) is 14.2 Å². The maximum absolute atomic E-state index is 12.2. The van der Waals surface area contributed by atoms with Crippen LogP contribution >= 0.6 is 0 Å². The van der Waals surface area contributed by atoms with Gasteiger partial charge < -0.3 is 29.0 Å². The van der Waals surface area contributed by atoms with Crippen molar-refractivity contribution in [2.24, 2.45) is 4.99 Å². The summed E-state index contributed by atoms with van der Waals surface area (Å²) in [7, 11) is 0. The number of ether oxygens (including phenoxy) is 5. The summed E-state index contributed by atoms with van der Waals surface area (Å²) in [6.45, 7) is 10.2. The molecule has 0 aliphatic carbocycles. The van der Waals surface area contributed by atoms with Gasteiger partial charge in [-0.3, -0.25) is 5.32 Å². The predicted molar refractivity (Wildman–Crippen MR) is 123 cm³/mol. The van der Waals surface area contributed by atoms with E-state index >= 15 is 0 Å². The van der Waals surface area contributed by atoms with Crippen LogP contribution in [0.15, 0.2) is 29.3 Å². The number of hydrogen-bond acceptors (Lipinski definition) is 9. The van der Waals surface area contributed by atoms with Crippen molar-refractivity contribution in [3.63, 3.8) is 0 Å². The molecule has 0 radical (unpaired) electrons. The first kappa shape index (κ1) is 27.4. The lowest BCUT2D eigenvalue weighted by Gasteiger charge is -2.22. The van der Waals surface area contributed by atoms with Crippen molar-refractivity contribution in [2.75, 3.05) is 13.2 Å². The molecule has 2 N–H and O–H groups in total. The lowest BCUT2D eigenvalue weighted by Crippen LogP contribution is -2.46. The summed E-state index contributed by atoms with van der Waals surface area (Å²) in [5.41, 5.74) is -0.849. The number of benzene rings is 1. The van der Waals surface area contributed by atoms with E-state index in [0.29, 0.717) is 5.56 Å². The van der Waals surface area contributed by atoms with E-state index in [-0.39, 0.29) is 31.2 Å². The number of nitrogens with one attached hydrogen (secondary N) is 2. The van der Waals surface area contributed by atoms with E-state index in [2.05, 4.69) is 25.1 Å². The van der Waals surface area contributed by atoms with Crippen molar-refractivity contribution in [1.29, 1.82) is 0 Å². The highest BCUT2D eigenvalue weighted by Gasteiger charge is 2.23. The fourth-order valence-electron chi connectivity index (χ4n) is 2.61. The fraction of sp³-hybridized carbons (Fsp3) is 0.522. The third-order valence-electron chi connectivity index (χ3n) is 3.90. The van der Waals surface area contributed by atoms with Gasteiger partial charge in [-0.1, -0.05) is 12.1 Å². The number of nitrogens with zero attached hydrogens (tertiary/aromatic N) is 1. The van der Waals surface area contributed by atoms with Gasteiger partial charge in [0, 0.05) is 6.42 Å². The number of amides is 3. The Morgan fingerprint density at radius 3 is 2.06 bits per heavy atom. The van der Waals surface area contributed by atoms with Gasteiger partial charge in [0.1, 0.15) is 42.0 Å². The van der Waals surface area contributed by atoms with Crippen LogP contribution in [-0.2, 0) is 25.4 Å². The molecule has 0 bridgehead atoms. The smallest absolute Gasteiger partial charge is 0.444 e. The van der Waals surface area contributed by atoms with Gasteiger partial charge in [0.25, 0.3) is 0 Å². The maximum atomic E-state index is 12.2. The molecule has 0 spiro atoms. The van der Waals surface area contributed by atoms with Crippen molar-refractivity contribution in [2.45, 2.75) is 65.2 Å². The van der Waals surface area contributed by atoms with Crippen molar-refractivity contribution < 1.29 is 42.9 Å². The monoisotopic (exact) mass is 493 g/mol. The molecule has 3 amide bonds. The number of amidine groups is 1. The first-order chi connectivity index (χ1) is 16.2. The molecule has 0 saturated carbocycles. The zero-order valence-electron chi connectivity index (χ0n) is 20.6. The topological polar surface area (TPSA) is 151 Å². The van der Waals surface area contributed by atoms with Gasteiger partial charge in [0.2, 0.25) is 0 Å². The van der Waals surface area contributed by atoms with Crippen molar-refractivity contribution in [1.82, 2.24) is 10.6 Å². The normalized spacial score (nSPS) is 14.8. The fourth-order valence-corrected chi connectivity index (χ4v) is 2.61. The van der Waals surface area contributed by atoms with Crippen molar-refractivity contribution >= 4 is 30.3 Å². The van der Waals surface area contributed by atoms with Crippen LogP contribution in [0.3, 0.4) is 0 Å². The Hall–Kier alpha value is -3.83. The summed E-state index contributed by atoms with van der Waals surface area (Å²) < 4.78 is 25.0. The Labute approximate surface area is 203 Å². The SMILES string of the molecule is CC(C)(C)OC(=O)N=C(Cc1ccc(OC(=O)NC2COC(=O)OC2)cc1)NC(=O)OC(C)(C)C. The van der Waals surface area contributed by atoms with Crippen LogP contribution in [0.2, 0.25) is 0 Å². The van der Waals surface area contributed by atoms with E-state index in [1.54, 1.807) is 53.7 Å². The molecule has 12 nitrogen and oxygen atoms in total. The Bertz CT molecular complexity index is 950. The Morgan fingerprint density at radius 2 is 1.51 bits per heavy atom. The van der Waals surface area contributed by atoms with E-state index in [9.17, 15) is 19.2 Å². The first-order valence-corrected chi connectivity index (χ1v) is 10.9. The van der Waals surface area contributed by atoms with Crippen LogP contribution in [0.4, 0.5) is 19.2 Å². The van der Waals surface area contributed by atoms with Crippen LogP contribution < -0.4 is 15.4 Å². The molecule has 1 heterocycles. The number of alkyl carbamates (subject to hydrolysis) is 1. The zero-order chi connectivity index (χ0) is 26.2. The standard InChI is InChI=1S/C23H31N3O9/c1-22(2,3)34-19(28)25-17(26-20(29)35-23(4,5)6)11-14-7-9-16(10-8-14)33-18(27)24-15-12-31-21(30)32-13-15/h7-10,15H,11-13H2,1-6H3,(H,24,27)(H,25,26,28,29). The minimum absolute atomic E-state index is 0.0166. The summed E-state index contributed by atoms with van der Waals surface area (Å²) in [4.78, 5) is 51.2. The lowest BCUT2D eigenvalue weighted by molar-refractivity contribution is 0.00189. The van der Waals surface area contributed by atoms with Crippen LogP contribution in [-0.4, -0.2) is 60.7 Å². The van der Waals surface area contributed by atoms with E-state index in [1.165, 1.54) is 12.1 Å². The van der Waals surface area contributed by atoms with Gasteiger partial charge >= 0.3 is 24.4 Å². The number of aliphatic imine (C=N–C) groups is 1. The molecule has 1 fully saturated rings. The second-order valence-electron chi connectivity index (χ2n) is 9.59. The van der Waals surface area contributed by atoms with Gasteiger partial charge in [-0.15, -0.1) is 0 Å². The van der Waals surface area contributed by atoms with Gasteiger partial charge in [-0.25, -0.2) is 19.2 Å². The molecule has 1 aromatic carbocycles. The predicted octanol–water partition coefficient (Wildman–Crippen LogP) is 3.71. The third-order valence-corrected chi connectivity index (χ3v) is 3.90. The molecular formula is C23H31N3O9. The molecule has 0 unspecified atom stereocenters. The van der Waals surface area contributed by atoms with Crippen LogP contribution in [0.25, 0.3) is 0 Å². The molecule has 0 aromatic heterocycles. The molecule has 1 aliphatic heterocycles. The van der Waals surface area contributed by atoms with E-state index in [1.807, 2.05) is 0 Å². The maximum Gasteiger partial charge on any atom is 0.508 e.